The Bertz CT molecular complexity index is 322. The summed E-state index contributed by atoms with van der Waals surface area (Å²) in [5.74, 6) is 0. The van der Waals surface area contributed by atoms with E-state index in [1.54, 1.807) is 0 Å². The molecule has 0 spiro atoms. The van der Waals surface area contributed by atoms with Gasteiger partial charge in [0.15, 0.2) is 0 Å². The monoisotopic (exact) mass is 220 g/mol. The highest BCUT2D eigenvalue weighted by Gasteiger charge is 2.27. The Morgan fingerprint density at radius 3 is 2.06 bits per heavy atom. The Balaban J connectivity index is 2.91. The van der Waals surface area contributed by atoms with E-state index >= 15 is 0 Å². The van der Waals surface area contributed by atoms with E-state index in [9.17, 15) is 0 Å². The van der Waals surface area contributed by atoms with Crippen LogP contribution in [0.3, 0.4) is 0 Å². The fourth-order valence-corrected chi connectivity index (χ4v) is 2.05. The summed E-state index contributed by atoms with van der Waals surface area (Å²) in [6, 6.07) is 8.95. The summed E-state index contributed by atoms with van der Waals surface area (Å²) < 4.78 is 0. The second-order valence-electron chi connectivity index (χ2n) is 5.56. The van der Waals surface area contributed by atoms with Crippen LogP contribution in [0.5, 0.6) is 0 Å². The number of nitrogens with zero attached hydrogens (tertiary/aromatic N) is 1. The van der Waals surface area contributed by atoms with Gasteiger partial charge in [-0.05, 0) is 24.5 Å². The molecule has 1 aromatic carbocycles. The van der Waals surface area contributed by atoms with Crippen LogP contribution in [0, 0.1) is 12.3 Å². The normalized spacial score (nSPS) is 13.6. The standard InChI is InChI=1S/C14H24N2/c1-11-6-8-12(9-7-11)16(5)13(10-15)14(2,3)4/h6-9,13H,10,15H2,1-5H3. The third kappa shape index (κ3) is 2.99. The fraction of sp³-hybridized carbons (Fsp3) is 0.571. The van der Waals surface area contributed by atoms with Gasteiger partial charge in [-0.3, -0.25) is 0 Å². The largest absolute Gasteiger partial charge is 0.370 e. The molecule has 1 rings (SSSR count). The van der Waals surface area contributed by atoms with Gasteiger partial charge in [0.05, 0.1) is 0 Å². The van der Waals surface area contributed by atoms with Crippen LogP contribution in [-0.4, -0.2) is 19.6 Å². The van der Waals surface area contributed by atoms with E-state index in [1.807, 2.05) is 0 Å². The smallest absolute Gasteiger partial charge is 0.0457 e. The number of anilines is 1. The molecule has 0 aliphatic heterocycles. The van der Waals surface area contributed by atoms with Crippen LogP contribution < -0.4 is 10.6 Å². The van der Waals surface area contributed by atoms with Crippen molar-refractivity contribution in [2.24, 2.45) is 11.1 Å². The maximum absolute atomic E-state index is 5.89. The van der Waals surface area contributed by atoms with Gasteiger partial charge in [0.1, 0.15) is 0 Å². The Labute approximate surface area is 99.5 Å². The van der Waals surface area contributed by atoms with Crippen LogP contribution in [0.1, 0.15) is 26.3 Å². The summed E-state index contributed by atoms with van der Waals surface area (Å²) in [5, 5.41) is 0. The summed E-state index contributed by atoms with van der Waals surface area (Å²) in [6.45, 7) is 9.47. The topological polar surface area (TPSA) is 29.3 Å². The summed E-state index contributed by atoms with van der Waals surface area (Å²) in [6.07, 6.45) is 0. The van der Waals surface area contributed by atoms with Crippen molar-refractivity contribution in [3.05, 3.63) is 29.8 Å². The molecule has 90 valence electrons. The molecule has 0 saturated carbocycles. The molecule has 0 bridgehead atoms. The molecule has 0 aromatic heterocycles. The number of benzene rings is 1. The maximum Gasteiger partial charge on any atom is 0.0457 e. The Hall–Kier alpha value is -1.02. The molecule has 0 aliphatic rings. The predicted octanol–water partition coefficient (Wildman–Crippen LogP) is 2.80. The van der Waals surface area contributed by atoms with Gasteiger partial charge in [-0.1, -0.05) is 38.5 Å². The summed E-state index contributed by atoms with van der Waals surface area (Å²) >= 11 is 0. The van der Waals surface area contributed by atoms with Crippen LogP contribution in [0.2, 0.25) is 0 Å². The number of hydrogen-bond donors (Lipinski definition) is 1. The van der Waals surface area contributed by atoms with E-state index in [2.05, 4.69) is 63.9 Å². The quantitative estimate of drug-likeness (QED) is 0.848. The number of nitrogens with two attached hydrogens (primary N) is 1. The minimum Gasteiger partial charge on any atom is -0.370 e. The minimum atomic E-state index is 0.189. The Kier molecular flexibility index (Phi) is 3.98. The minimum absolute atomic E-state index is 0.189. The zero-order valence-corrected chi connectivity index (χ0v) is 11.1. The highest BCUT2D eigenvalue weighted by molar-refractivity contribution is 5.48. The summed E-state index contributed by atoms with van der Waals surface area (Å²) in [7, 11) is 2.12. The molecule has 16 heavy (non-hydrogen) atoms. The van der Waals surface area contributed by atoms with E-state index in [-0.39, 0.29) is 5.41 Å². The number of likely N-dealkylation sites (N-methyl/N-ethyl adjacent to an activating group) is 1. The molecule has 0 radical (unpaired) electrons. The molecule has 0 heterocycles. The van der Waals surface area contributed by atoms with Gasteiger partial charge >= 0.3 is 0 Å². The second-order valence-corrected chi connectivity index (χ2v) is 5.56. The SMILES string of the molecule is Cc1ccc(N(C)C(CN)C(C)(C)C)cc1. The zero-order valence-electron chi connectivity index (χ0n) is 11.1. The van der Waals surface area contributed by atoms with Crippen molar-refractivity contribution in [3.63, 3.8) is 0 Å². The van der Waals surface area contributed by atoms with Crippen molar-refractivity contribution in [1.82, 2.24) is 0 Å². The van der Waals surface area contributed by atoms with Crippen molar-refractivity contribution in [3.8, 4) is 0 Å². The fourth-order valence-electron chi connectivity index (χ4n) is 2.05. The molecule has 1 unspecified atom stereocenters. The Morgan fingerprint density at radius 1 is 1.19 bits per heavy atom. The molecular formula is C14H24N2. The van der Waals surface area contributed by atoms with Crippen LogP contribution in [-0.2, 0) is 0 Å². The lowest BCUT2D eigenvalue weighted by atomic mass is 9.85. The molecule has 0 aliphatic carbocycles. The van der Waals surface area contributed by atoms with Crippen molar-refractivity contribution < 1.29 is 0 Å². The first-order chi connectivity index (χ1) is 7.36. The van der Waals surface area contributed by atoms with Gasteiger partial charge in [-0.25, -0.2) is 0 Å². The second kappa shape index (κ2) is 4.88. The van der Waals surface area contributed by atoms with Gasteiger partial charge in [0.25, 0.3) is 0 Å². The first kappa shape index (κ1) is 13.0. The molecule has 0 saturated heterocycles. The van der Waals surface area contributed by atoms with Crippen molar-refractivity contribution in [1.29, 1.82) is 0 Å². The molecular weight excluding hydrogens is 196 g/mol. The van der Waals surface area contributed by atoms with Crippen LogP contribution in [0.25, 0.3) is 0 Å². The average molecular weight is 220 g/mol. The first-order valence-corrected chi connectivity index (χ1v) is 5.86. The third-order valence-corrected chi connectivity index (χ3v) is 3.13. The van der Waals surface area contributed by atoms with Crippen molar-refractivity contribution in [2.45, 2.75) is 33.7 Å². The van der Waals surface area contributed by atoms with Gasteiger partial charge in [0, 0.05) is 25.3 Å². The molecule has 1 atom stereocenters. The highest BCUT2D eigenvalue weighted by Crippen LogP contribution is 2.27. The third-order valence-electron chi connectivity index (χ3n) is 3.13. The van der Waals surface area contributed by atoms with Gasteiger partial charge in [-0.2, -0.15) is 0 Å². The Morgan fingerprint density at radius 2 is 1.69 bits per heavy atom. The molecule has 1 aromatic rings. The summed E-state index contributed by atoms with van der Waals surface area (Å²) in [5.41, 5.74) is 8.60. The average Bonchev–Trinajstić information content (AvgIpc) is 2.17. The lowest BCUT2D eigenvalue weighted by Gasteiger charge is -2.38. The van der Waals surface area contributed by atoms with E-state index in [0.717, 1.165) is 0 Å². The predicted molar refractivity (Wildman–Crippen MR) is 71.9 cm³/mol. The first-order valence-electron chi connectivity index (χ1n) is 5.86. The highest BCUT2D eigenvalue weighted by atomic mass is 15.2. The van der Waals surface area contributed by atoms with Gasteiger partial charge < -0.3 is 10.6 Å². The van der Waals surface area contributed by atoms with Crippen molar-refractivity contribution in [2.75, 3.05) is 18.5 Å². The number of aryl methyl sites for hydroxylation is 1. The van der Waals surface area contributed by atoms with Gasteiger partial charge in [0.2, 0.25) is 0 Å². The van der Waals surface area contributed by atoms with Gasteiger partial charge in [-0.15, -0.1) is 0 Å². The molecule has 2 nitrogen and oxygen atoms in total. The van der Waals surface area contributed by atoms with E-state index in [4.69, 9.17) is 5.73 Å². The zero-order chi connectivity index (χ0) is 12.3. The van der Waals surface area contributed by atoms with E-state index in [0.29, 0.717) is 12.6 Å². The lowest BCUT2D eigenvalue weighted by molar-refractivity contribution is 0.316. The van der Waals surface area contributed by atoms with Crippen LogP contribution >= 0.6 is 0 Å². The molecule has 0 fully saturated rings. The van der Waals surface area contributed by atoms with Crippen LogP contribution in [0.4, 0.5) is 5.69 Å². The van der Waals surface area contributed by atoms with Crippen LogP contribution in [0.15, 0.2) is 24.3 Å². The number of hydrogen-bond acceptors (Lipinski definition) is 2. The molecule has 2 heteroatoms. The maximum atomic E-state index is 5.89. The molecule has 0 amide bonds. The summed E-state index contributed by atoms with van der Waals surface area (Å²) in [4.78, 5) is 2.28. The van der Waals surface area contributed by atoms with Crippen molar-refractivity contribution >= 4 is 5.69 Å². The van der Waals surface area contributed by atoms with E-state index < -0.39 is 0 Å². The molecule has 2 N–H and O–H groups in total. The number of rotatable bonds is 3. The van der Waals surface area contributed by atoms with E-state index in [1.165, 1.54) is 11.3 Å². The lowest BCUT2D eigenvalue weighted by Crippen LogP contribution is -2.47.